The van der Waals surface area contributed by atoms with Crippen molar-refractivity contribution in [3.63, 3.8) is 0 Å². The number of hydrogen-bond donors (Lipinski definition) is 1. The Hall–Kier alpha value is -2.43. The summed E-state index contributed by atoms with van der Waals surface area (Å²) in [6.07, 6.45) is 4.48. The Morgan fingerprint density at radius 2 is 2.05 bits per heavy atom. The molecule has 1 atom stereocenters. The molecule has 5 heteroatoms. The highest BCUT2D eigenvalue weighted by atomic mass is 16.5. The van der Waals surface area contributed by atoms with Crippen LogP contribution in [0.15, 0.2) is 42.9 Å². The van der Waals surface area contributed by atoms with E-state index in [1.165, 1.54) is 18.6 Å². The fourth-order valence-corrected chi connectivity index (χ4v) is 1.79. The van der Waals surface area contributed by atoms with E-state index < -0.39 is 0 Å². The first kappa shape index (κ1) is 14.0. The molecule has 0 aliphatic heterocycles. The van der Waals surface area contributed by atoms with Crippen LogP contribution in [-0.2, 0) is 0 Å². The Balaban J connectivity index is 2.01. The van der Waals surface area contributed by atoms with Crippen LogP contribution in [0, 0.1) is 0 Å². The van der Waals surface area contributed by atoms with E-state index in [9.17, 15) is 4.79 Å². The van der Waals surface area contributed by atoms with Gasteiger partial charge in [0.05, 0.1) is 18.8 Å². The molecule has 0 aliphatic carbocycles. The minimum absolute atomic E-state index is 0.111. The molecular weight excluding hydrogens is 254 g/mol. The summed E-state index contributed by atoms with van der Waals surface area (Å²) in [5.41, 5.74) is 1.32. The second-order valence-corrected chi connectivity index (χ2v) is 4.29. The van der Waals surface area contributed by atoms with Gasteiger partial charge in [-0.25, -0.2) is 4.98 Å². The predicted molar refractivity (Wildman–Crippen MR) is 75.5 cm³/mol. The fraction of sp³-hybridized carbons (Fsp3) is 0.267. The largest absolute Gasteiger partial charge is 0.494 e. The summed E-state index contributed by atoms with van der Waals surface area (Å²) in [7, 11) is 0. The predicted octanol–water partition coefficient (Wildman–Crippen LogP) is 2.37. The van der Waals surface area contributed by atoms with Crippen molar-refractivity contribution in [2.75, 3.05) is 6.61 Å². The minimum Gasteiger partial charge on any atom is -0.494 e. The zero-order chi connectivity index (χ0) is 14.4. The number of nitrogens with one attached hydrogen (secondary N) is 1. The summed E-state index contributed by atoms with van der Waals surface area (Å²) in [5.74, 6) is 0.586. The lowest BCUT2D eigenvalue weighted by Crippen LogP contribution is -2.27. The topological polar surface area (TPSA) is 64.1 Å². The van der Waals surface area contributed by atoms with E-state index in [4.69, 9.17) is 4.74 Å². The van der Waals surface area contributed by atoms with Crippen LogP contribution in [0.1, 0.15) is 35.9 Å². The summed E-state index contributed by atoms with van der Waals surface area (Å²) < 4.78 is 5.39. The number of ether oxygens (including phenoxy) is 1. The van der Waals surface area contributed by atoms with Gasteiger partial charge < -0.3 is 10.1 Å². The van der Waals surface area contributed by atoms with Crippen LogP contribution in [0.3, 0.4) is 0 Å². The quantitative estimate of drug-likeness (QED) is 0.906. The average molecular weight is 271 g/mol. The lowest BCUT2D eigenvalue weighted by atomic mass is 10.1. The van der Waals surface area contributed by atoms with E-state index >= 15 is 0 Å². The molecule has 5 nitrogen and oxygen atoms in total. The van der Waals surface area contributed by atoms with Crippen LogP contribution in [0.25, 0.3) is 0 Å². The van der Waals surface area contributed by atoms with E-state index in [0.29, 0.717) is 12.3 Å². The maximum atomic E-state index is 12.0. The smallest absolute Gasteiger partial charge is 0.271 e. The molecule has 2 aromatic rings. The van der Waals surface area contributed by atoms with Gasteiger partial charge in [-0.1, -0.05) is 12.1 Å². The number of carbonyl (C=O) groups is 1. The minimum atomic E-state index is -0.237. The van der Waals surface area contributed by atoms with Gasteiger partial charge in [0, 0.05) is 12.4 Å². The Morgan fingerprint density at radius 3 is 2.65 bits per heavy atom. The molecule has 20 heavy (non-hydrogen) atoms. The number of amides is 1. The van der Waals surface area contributed by atoms with Gasteiger partial charge in [0.2, 0.25) is 0 Å². The van der Waals surface area contributed by atoms with Crippen molar-refractivity contribution >= 4 is 5.91 Å². The molecule has 0 saturated heterocycles. The Labute approximate surface area is 118 Å². The monoisotopic (exact) mass is 271 g/mol. The summed E-state index contributed by atoms with van der Waals surface area (Å²) in [5, 5.41) is 2.88. The Bertz CT molecular complexity index is 555. The van der Waals surface area contributed by atoms with E-state index in [-0.39, 0.29) is 11.9 Å². The van der Waals surface area contributed by atoms with Crippen molar-refractivity contribution in [1.82, 2.24) is 15.3 Å². The first-order chi connectivity index (χ1) is 9.70. The molecule has 1 N–H and O–H groups in total. The highest BCUT2D eigenvalue weighted by molar-refractivity contribution is 5.92. The summed E-state index contributed by atoms with van der Waals surface area (Å²) in [6, 6.07) is 7.55. The molecule has 0 spiro atoms. The molecule has 104 valence electrons. The van der Waals surface area contributed by atoms with Crippen LogP contribution in [-0.4, -0.2) is 22.5 Å². The third-order valence-electron chi connectivity index (χ3n) is 2.83. The summed E-state index contributed by atoms with van der Waals surface area (Å²) in [6.45, 7) is 4.50. The van der Waals surface area contributed by atoms with Gasteiger partial charge in [-0.2, -0.15) is 0 Å². The number of rotatable bonds is 5. The van der Waals surface area contributed by atoms with Gasteiger partial charge in [0.1, 0.15) is 11.4 Å². The first-order valence-electron chi connectivity index (χ1n) is 6.50. The first-order valence-corrected chi connectivity index (χ1v) is 6.50. The standard InChI is InChI=1S/C15H17N3O2/c1-3-20-13-6-4-12(5-7-13)11(2)18-15(19)14-10-16-8-9-17-14/h4-11H,3H2,1-2H3,(H,18,19)/t11-/m1/s1. The van der Waals surface area contributed by atoms with Crippen molar-refractivity contribution in [3.05, 3.63) is 54.1 Å². The van der Waals surface area contributed by atoms with Crippen molar-refractivity contribution in [3.8, 4) is 5.75 Å². The maximum absolute atomic E-state index is 12.0. The third-order valence-corrected chi connectivity index (χ3v) is 2.83. The van der Waals surface area contributed by atoms with Gasteiger partial charge in [-0.05, 0) is 31.5 Å². The van der Waals surface area contributed by atoms with Gasteiger partial charge in [-0.15, -0.1) is 0 Å². The average Bonchev–Trinajstić information content (AvgIpc) is 2.49. The zero-order valence-electron chi connectivity index (χ0n) is 11.5. The second-order valence-electron chi connectivity index (χ2n) is 4.29. The van der Waals surface area contributed by atoms with E-state index in [0.717, 1.165) is 11.3 Å². The lowest BCUT2D eigenvalue weighted by molar-refractivity contribution is 0.0934. The van der Waals surface area contributed by atoms with Gasteiger partial charge in [0.15, 0.2) is 0 Å². The van der Waals surface area contributed by atoms with E-state index in [1.54, 1.807) is 0 Å². The molecular formula is C15H17N3O2. The summed E-state index contributed by atoms with van der Waals surface area (Å²) in [4.78, 5) is 19.8. The van der Waals surface area contributed by atoms with Gasteiger partial charge in [-0.3, -0.25) is 9.78 Å². The molecule has 1 aromatic heterocycles. The molecule has 0 fully saturated rings. The molecule has 0 bridgehead atoms. The van der Waals surface area contributed by atoms with Crippen molar-refractivity contribution in [2.24, 2.45) is 0 Å². The summed E-state index contributed by atoms with van der Waals surface area (Å²) >= 11 is 0. The maximum Gasteiger partial charge on any atom is 0.271 e. The normalized spacial score (nSPS) is 11.7. The van der Waals surface area contributed by atoms with Crippen LogP contribution in [0.5, 0.6) is 5.75 Å². The molecule has 1 amide bonds. The van der Waals surface area contributed by atoms with Crippen molar-refractivity contribution in [1.29, 1.82) is 0 Å². The highest BCUT2D eigenvalue weighted by Gasteiger charge is 2.12. The van der Waals surface area contributed by atoms with Crippen LogP contribution in [0.2, 0.25) is 0 Å². The number of nitrogens with zero attached hydrogens (tertiary/aromatic N) is 2. The van der Waals surface area contributed by atoms with E-state index in [2.05, 4.69) is 15.3 Å². The third kappa shape index (κ3) is 3.54. The molecule has 0 radical (unpaired) electrons. The lowest BCUT2D eigenvalue weighted by Gasteiger charge is -2.14. The molecule has 2 rings (SSSR count). The fourth-order valence-electron chi connectivity index (χ4n) is 1.79. The Kier molecular flexibility index (Phi) is 4.65. The number of aromatic nitrogens is 2. The molecule has 0 aliphatic rings. The van der Waals surface area contributed by atoms with Crippen molar-refractivity contribution in [2.45, 2.75) is 19.9 Å². The highest BCUT2D eigenvalue weighted by Crippen LogP contribution is 2.17. The second kappa shape index (κ2) is 6.65. The SMILES string of the molecule is CCOc1ccc([C@@H](C)NC(=O)c2cnccn2)cc1. The number of hydrogen-bond acceptors (Lipinski definition) is 4. The molecule has 0 unspecified atom stereocenters. The van der Waals surface area contributed by atoms with Gasteiger partial charge >= 0.3 is 0 Å². The van der Waals surface area contributed by atoms with Crippen LogP contribution >= 0.6 is 0 Å². The van der Waals surface area contributed by atoms with Crippen molar-refractivity contribution < 1.29 is 9.53 Å². The van der Waals surface area contributed by atoms with E-state index in [1.807, 2.05) is 38.1 Å². The molecule has 1 aromatic carbocycles. The molecule has 1 heterocycles. The Morgan fingerprint density at radius 1 is 1.30 bits per heavy atom. The van der Waals surface area contributed by atoms with Crippen LogP contribution in [0.4, 0.5) is 0 Å². The van der Waals surface area contributed by atoms with Crippen LogP contribution < -0.4 is 10.1 Å². The number of carbonyl (C=O) groups excluding carboxylic acids is 1. The zero-order valence-corrected chi connectivity index (χ0v) is 11.5. The number of benzene rings is 1. The molecule has 0 saturated carbocycles. The van der Waals surface area contributed by atoms with Gasteiger partial charge in [0.25, 0.3) is 5.91 Å².